The van der Waals surface area contributed by atoms with Crippen LogP contribution in [-0.2, 0) is 11.3 Å². The number of benzene rings is 1. The lowest BCUT2D eigenvalue weighted by molar-refractivity contribution is 0.141. The molecule has 1 N–H and O–H groups in total. The van der Waals surface area contributed by atoms with E-state index in [1.165, 1.54) is 5.56 Å². The average molecular weight is 259 g/mol. The summed E-state index contributed by atoms with van der Waals surface area (Å²) in [5.41, 5.74) is 2.37. The van der Waals surface area contributed by atoms with Gasteiger partial charge in [0.2, 0.25) is 0 Å². The van der Waals surface area contributed by atoms with Crippen LogP contribution in [0, 0.1) is 0 Å². The minimum absolute atomic E-state index is 0.290. The Morgan fingerprint density at radius 1 is 1.32 bits per heavy atom. The number of rotatable bonds is 7. The normalized spacial score (nSPS) is 12.3. The summed E-state index contributed by atoms with van der Waals surface area (Å²) in [5, 5.41) is 7.74. The summed E-state index contributed by atoms with van der Waals surface area (Å²) in [5.74, 6) is 0. The van der Waals surface area contributed by atoms with Crippen molar-refractivity contribution in [3.05, 3.63) is 48.3 Å². The van der Waals surface area contributed by atoms with Gasteiger partial charge in [0, 0.05) is 30.7 Å². The van der Waals surface area contributed by atoms with Crippen LogP contribution in [0.2, 0.25) is 0 Å². The molecular weight excluding hydrogens is 238 g/mol. The number of hydrogen-bond acceptors (Lipinski definition) is 3. The number of hydrogen-bond donors (Lipinski definition) is 1. The quantitative estimate of drug-likeness (QED) is 0.831. The lowest BCUT2D eigenvalue weighted by atomic mass is 10.1. The van der Waals surface area contributed by atoms with Gasteiger partial charge in [0.05, 0.1) is 13.2 Å². The number of aromatic nitrogens is 2. The summed E-state index contributed by atoms with van der Waals surface area (Å²) in [4.78, 5) is 0. The Labute approximate surface area is 114 Å². The van der Waals surface area contributed by atoms with Crippen molar-refractivity contribution in [2.24, 2.45) is 0 Å². The van der Waals surface area contributed by atoms with Gasteiger partial charge in [0.15, 0.2) is 0 Å². The zero-order valence-corrected chi connectivity index (χ0v) is 11.5. The standard InChI is InChI=1S/C15H21N3O/c1-3-19-12-13(2)17-15-8-5-4-7-14(15)11-18-10-6-9-16-18/h4-10,13,17H,3,11-12H2,1-2H3. The highest BCUT2D eigenvalue weighted by Gasteiger charge is 2.06. The summed E-state index contributed by atoms with van der Waals surface area (Å²) in [6.45, 7) is 6.38. The van der Waals surface area contributed by atoms with E-state index in [9.17, 15) is 0 Å². The molecule has 1 heterocycles. The van der Waals surface area contributed by atoms with Gasteiger partial charge >= 0.3 is 0 Å². The number of ether oxygens (including phenoxy) is 1. The van der Waals surface area contributed by atoms with E-state index in [4.69, 9.17) is 4.74 Å². The Morgan fingerprint density at radius 3 is 2.89 bits per heavy atom. The highest BCUT2D eigenvalue weighted by molar-refractivity contribution is 5.51. The first-order valence-electron chi connectivity index (χ1n) is 6.69. The molecule has 1 unspecified atom stereocenters. The zero-order valence-electron chi connectivity index (χ0n) is 11.5. The van der Waals surface area contributed by atoms with Gasteiger partial charge < -0.3 is 10.1 Å². The molecule has 4 nitrogen and oxygen atoms in total. The van der Waals surface area contributed by atoms with Crippen molar-refractivity contribution in [3.8, 4) is 0 Å². The fourth-order valence-electron chi connectivity index (χ4n) is 1.97. The van der Waals surface area contributed by atoms with Crippen LogP contribution in [0.1, 0.15) is 19.4 Å². The zero-order chi connectivity index (χ0) is 13.5. The minimum Gasteiger partial charge on any atom is -0.380 e. The van der Waals surface area contributed by atoms with Gasteiger partial charge in [-0.25, -0.2) is 0 Å². The van der Waals surface area contributed by atoms with Gasteiger partial charge in [-0.3, -0.25) is 4.68 Å². The molecule has 0 bridgehead atoms. The number of anilines is 1. The maximum absolute atomic E-state index is 5.43. The molecule has 4 heteroatoms. The topological polar surface area (TPSA) is 39.1 Å². The molecule has 0 spiro atoms. The summed E-state index contributed by atoms with van der Waals surface area (Å²) >= 11 is 0. The minimum atomic E-state index is 0.290. The first-order chi connectivity index (χ1) is 9.29. The Balaban J connectivity index is 2.03. The van der Waals surface area contributed by atoms with Gasteiger partial charge in [-0.1, -0.05) is 18.2 Å². The van der Waals surface area contributed by atoms with E-state index < -0.39 is 0 Å². The van der Waals surface area contributed by atoms with Crippen LogP contribution in [0.25, 0.3) is 0 Å². The van der Waals surface area contributed by atoms with Crippen LogP contribution in [-0.4, -0.2) is 29.0 Å². The predicted molar refractivity (Wildman–Crippen MR) is 77.3 cm³/mol. The summed E-state index contributed by atoms with van der Waals surface area (Å²) in [7, 11) is 0. The molecule has 19 heavy (non-hydrogen) atoms. The molecule has 0 fully saturated rings. The molecule has 2 aromatic rings. The molecule has 102 valence electrons. The van der Waals surface area contributed by atoms with E-state index in [-0.39, 0.29) is 0 Å². The molecule has 0 aliphatic rings. The molecule has 0 aliphatic heterocycles. The van der Waals surface area contributed by atoms with E-state index in [0.29, 0.717) is 12.6 Å². The lowest BCUT2D eigenvalue weighted by Gasteiger charge is -2.18. The van der Waals surface area contributed by atoms with Crippen LogP contribution >= 0.6 is 0 Å². The monoisotopic (exact) mass is 259 g/mol. The second-order valence-electron chi connectivity index (χ2n) is 4.57. The molecule has 0 amide bonds. The van der Waals surface area contributed by atoms with Crippen molar-refractivity contribution in [1.82, 2.24) is 9.78 Å². The second kappa shape index (κ2) is 6.95. The van der Waals surface area contributed by atoms with E-state index >= 15 is 0 Å². The number of para-hydroxylation sites is 1. The van der Waals surface area contributed by atoms with Crippen molar-refractivity contribution < 1.29 is 4.74 Å². The third-order valence-corrected chi connectivity index (χ3v) is 2.88. The molecule has 1 aromatic heterocycles. The van der Waals surface area contributed by atoms with Crippen LogP contribution in [0.3, 0.4) is 0 Å². The Bertz CT molecular complexity index is 482. The van der Waals surface area contributed by atoms with Crippen molar-refractivity contribution in [2.45, 2.75) is 26.4 Å². The van der Waals surface area contributed by atoms with Gasteiger partial charge in [-0.2, -0.15) is 5.10 Å². The van der Waals surface area contributed by atoms with Crippen molar-refractivity contribution >= 4 is 5.69 Å². The van der Waals surface area contributed by atoms with Gasteiger partial charge in [-0.15, -0.1) is 0 Å². The summed E-state index contributed by atoms with van der Waals surface area (Å²) < 4.78 is 7.36. The van der Waals surface area contributed by atoms with Crippen molar-refractivity contribution in [1.29, 1.82) is 0 Å². The lowest BCUT2D eigenvalue weighted by Crippen LogP contribution is -2.22. The highest BCUT2D eigenvalue weighted by Crippen LogP contribution is 2.17. The number of nitrogens with one attached hydrogen (secondary N) is 1. The van der Waals surface area contributed by atoms with E-state index in [1.54, 1.807) is 6.20 Å². The highest BCUT2D eigenvalue weighted by atomic mass is 16.5. The summed E-state index contributed by atoms with van der Waals surface area (Å²) in [6, 6.07) is 10.5. The maximum atomic E-state index is 5.43. The Kier molecular flexibility index (Phi) is 4.98. The van der Waals surface area contributed by atoms with Crippen molar-refractivity contribution in [2.75, 3.05) is 18.5 Å². The average Bonchev–Trinajstić information content (AvgIpc) is 2.91. The second-order valence-corrected chi connectivity index (χ2v) is 4.57. The molecule has 0 saturated heterocycles. The smallest absolute Gasteiger partial charge is 0.0679 e. The largest absolute Gasteiger partial charge is 0.380 e. The number of nitrogens with zero attached hydrogens (tertiary/aromatic N) is 2. The molecule has 0 aliphatic carbocycles. The molecule has 0 saturated carbocycles. The molecule has 1 aromatic carbocycles. The molecule has 1 atom stereocenters. The van der Waals surface area contributed by atoms with Gasteiger partial charge in [0.1, 0.15) is 0 Å². The molecular formula is C15H21N3O. The Hall–Kier alpha value is -1.81. The third kappa shape index (κ3) is 4.10. The SMILES string of the molecule is CCOCC(C)Nc1ccccc1Cn1cccn1. The predicted octanol–water partition coefficient (Wildman–Crippen LogP) is 2.77. The Morgan fingerprint density at radius 2 is 2.16 bits per heavy atom. The molecule has 0 radical (unpaired) electrons. The van der Waals surface area contributed by atoms with Crippen LogP contribution in [0.4, 0.5) is 5.69 Å². The van der Waals surface area contributed by atoms with Crippen molar-refractivity contribution in [3.63, 3.8) is 0 Å². The summed E-state index contributed by atoms with van der Waals surface area (Å²) in [6.07, 6.45) is 3.77. The van der Waals surface area contributed by atoms with E-state index in [1.807, 2.05) is 29.9 Å². The van der Waals surface area contributed by atoms with Crippen LogP contribution in [0.15, 0.2) is 42.7 Å². The fraction of sp³-hybridized carbons (Fsp3) is 0.400. The van der Waals surface area contributed by atoms with E-state index in [0.717, 1.165) is 18.8 Å². The first-order valence-corrected chi connectivity index (χ1v) is 6.69. The molecule has 2 rings (SSSR count). The third-order valence-electron chi connectivity index (χ3n) is 2.88. The van der Waals surface area contributed by atoms with Gasteiger partial charge in [-0.05, 0) is 31.5 Å². The van der Waals surface area contributed by atoms with Crippen LogP contribution < -0.4 is 5.32 Å². The fourth-order valence-corrected chi connectivity index (χ4v) is 1.97. The van der Waals surface area contributed by atoms with E-state index in [2.05, 4.69) is 35.5 Å². The van der Waals surface area contributed by atoms with Gasteiger partial charge in [0.25, 0.3) is 0 Å². The van der Waals surface area contributed by atoms with Crippen LogP contribution in [0.5, 0.6) is 0 Å². The first kappa shape index (κ1) is 13.6. The maximum Gasteiger partial charge on any atom is 0.0679 e.